The van der Waals surface area contributed by atoms with E-state index >= 15 is 0 Å². The number of amides is 2. The molecule has 0 radical (unpaired) electrons. The molecule has 0 aliphatic carbocycles. The van der Waals surface area contributed by atoms with Gasteiger partial charge in [-0.25, -0.2) is 0 Å². The van der Waals surface area contributed by atoms with E-state index in [1.807, 2.05) is 30.7 Å². The lowest BCUT2D eigenvalue weighted by Crippen LogP contribution is -2.68. The molecular formula is C14H20N2O2S. The SMILES string of the molecule is CCC1C(=O)NC(C)(C)C(=O)N1C(C)c1ccsc1. The minimum atomic E-state index is -0.826. The fraction of sp³-hybridized carbons (Fsp3) is 0.571. The first kappa shape index (κ1) is 14.1. The third-order valence-corrected chi connectivity index (χ3v) is 4.37. The van der Waals surface area contributed by atoms with Crippen LogP contribution >= 0.6 is 11.3 Å². The summed E-state index contributed by atoms with van der Waals surface area (Å²) in [6.07, 6.45) is 0.627. The molecule has 2 heterocycles. The highest BCUT2D eigenvalue weighted by molar-refractivity contribution is 7.07. The van der Waals surface area contributed by atoms with E-state index in [1.54, 1.807) is 30.1 Å². The van der Waals surface area contributed by atoms with E-state index in [9.17, 15) is 9.59 Å². The normalized spacial score (nSPS) is 24.2. The summed E-state index contributed by atoms with van der Waals surface area (Å²) in [5.74, 6) is -0.0770. The molecule has 2 atom stereocenters. The Hall–Kier alpha value is -1.36. The minimum absolute atomic E-state index is 0.0161. The molecule has 1 N–H and O–H groups in total. The van der Waals surface area contributed by atoms with E-state index in [2.05, 4.69) is 5.32 Å². The number of hydrogen-bond acceptors (Lipinski definition) is 3. The van der Waals surface area contributed by atoms with E-state index < -0.39 is 5.54 Å². The van der Waals surface area contributed by atoms with E-state index in [0.717, 1.165) is 5.56 Å². The summed E-state index contributed by atoms with van der Waals surface area (Å²) < 4.78 is 0. The lowest BCUT2D eigenvalue weighted by Gasteiger charge is -2.45. The summed E-state index contributed by atoms with van der Waals surface area (Å²) >= 11 is 1.60. The van der Waals surface area contributed by atoms with Gasteiger partial charge in [0.2, 0.25) is 11.8 Å². The van der Waals surface area contributed by atoms with Crippen molar-refractivity contribution in [1.82, 2.24) is 10.2 Å². The first-order valence-electron chi connectivity index (χ1n) is 6.55. The summed E-state index contributed by atoms with van der Waals surface area (Å²) in [5, 5.41) is 6.83. The zero-order chi connectivity index (χ0) is 14.2. The number of piperazine rings is 1. The monoisotopic (exact) mass is 280 g/mol. The van der Waals surface area contributed by atoms with Gasteiger partial charge in [-0.05, 0) is 49.6 Å². The highest BCUT2D eigenvalue weighted by Gasteiger charge is 2.46. The highest BCUT2D eigenvalue weighted by Crippen LogP contribution is 2.30. The zero-order valence-electron chi connectivity index (χ0n) is 11.8. The molecule has 1 saturated heterocycles. The smallest absolute Gasteiger partial charge is 0.248 e. The fourth-order valence-electron chi connectivity index (χ4n) is 2.54. The van der Waals surface area contributed by atoms with Crippen LogP contribution in [0.25, 0.3) is 0 Å². The van der Waals surface area contributed by atoms with Gasteiger partial charge in [0.25, 0.3) is 0 Å². The van der Waals surface area contributed by atoms with E-state index in [1.165, 1.54) is 0 Å². The summed E-state index contributed by atoms with van der Waals surface area (Å²) in [4.78, 5) is 26.5. The van der Waals surface area contributed by atoms with Crippen molar-refractivity contribution in [2.45, 2.75) is 51.7 Å². The zero-order valence-corrected chi connectivity index (χ0v) is 12.6. The second kappa shape index (κ2) is 4.96. The van der Waals surface area contributed by atoms with E-state index in [-0.39, 0.29) is 23.9 Å². The first-order valence-corrected chi connectivity index (χ1v) is 7.49. The van der Waals surface area contributed by atoms with Crippen LogP contribution in [0.3, 0.4) is 0 Å². The maximum Gasteiger partial charge on any atom is 0.248 e. The molecule has 1 aromatic heterocycles. The second-order valence-electron chi connectivity index (χ2n) is 5.48. The van der Waals surface area contributed by atoms with Crippen molar-refractivity contribution in [2.24, 2.45) is 0 Å². The van der Waals surface area contributed by atoms with Gasteiger partial charge in [0.1, 0.15) is 11.6 Å². The molecule has 2 amide bonds. The van der Waals surface area contributed by atoms with Crippen LogP contribution < -0.4 is 5.32 Å². The summed E-state index contributed by atoms with van der Waals surface area (Å²) in [5.41, 5.74) is 0.259. The maximum absolute atomic E-state index is 12.6. The Labute approximate surface area is 117 Å². The standard InChI is InChI=1S/C14H20N2O2S/c1-5-11-12(17)15-14(3,4)13(18)16(11)9(2)10-6-7-19-8-10/h6-9,11H,5H2,1-4H3,(H,15,17). The van der Waals surface area contributed by atoms with Crippen molar-refractivity contribution in [3.05, 3.63) is 22.4 Å². The average Bonchev–Trinajstić information content (AvgIpc) is 2.85. The summed E-state index contributed by atoms with van der Waals surface area (Å²) in [6, 6.07) is 1.55. The number of rotatable bonds is 3. The molecule has 1 aromatic rings. The molecular weight excluding hydrogens is 260 g/mol. The Morgan fingerprint density at radius 2 is 2.16 bits per heavy atom. The van der Waals surface area contributed by atoms with Crippen LogP contribution in [0.2, 0.25) is 0 Å². The number of carbonyl (C=O) groups excluding carboxylic acids is 2. The van der Waals surface area contributed by atoms with Crippen molar-refractivity contribution in [3.8, 4) is 0 Å². The molecule has 2 rings (SSSR count). The molecule has 1 fully saturated rings. The molecule has 0 aromatic carbocycles. The lowest BCUT2D eigenvalue weighted by molar-refractivity contribution is -0.156. The molecule has 4 nitrogen and oxygen atoms in total. The summed E-state index contributed by atoms with van der Waals surface area (Å²) in [6.45, 7) is 7.43. The van der Waals surface area contributed by atoms with Crippen LogP contribution in [0.5, 0.6) is 0 Å². The Balaban J connectivity index is 2.37. The molecule has 19 heavy (non-hydrogen) atoms. The summed E-state index contributed by atoms with van der Waals surface area (Å²) in [7, 11) is 0. The van der Waals surface area contributed by atoms with Crippen molar-refractivity contribution in [2.75, 3.05) is 0 Å². The molecule has 0 saturated carbocycles. The minimum Gasteiger partial charge on any atom is -0.340 e. The van der Waals surface area contributed by atoms with Crippen molar-refractivity contribution < 1.29 is 9.59 Å². The van der Waals surface area contributed by atoms with Gasteiger partial charge < -0.3 is 10.2 Å². The van der Waals surface area contributed by atoms with Gasteiger partial charge in [0, 0.05) is 0 Å². The Bertz CT molecular complexity index is 482. The van der Waals surface area contributed by atoms with Crippen LogP contribution in [0.4, 0.5) is 0 Å². The molecule has 5 heteroatoms. The van der Waals surface area contributed by atoms with Gasteiger partial charge in [-0.15, -0.1) is 0 Å². The van der Waals surface area contributed by atoms with Gasteiger partial charge in [-0.1, -0.05) is 6.92 Å². The van der Waals surface area contributed by atoms with Crippen molar-refractivity contribution in [3.63, 3.8) is 0 Å². The van der Waals surface area contributed by atoms with Crippen molar-refractivity contribution in [1.29, 1.82) is 0 Å². The third-order valence-electron chi connectivity index (χ3n) is 3.67. The molecule has 2 unspecified atom stereocenters. The Morgan fingerprint density at radius 3 is 2.68 bits per heavy atom. The van der Waals surface area contributed by atoms with Crippen LogP contribution in [0, 0.1) is 0 Å². The van der Waals surface area contributed by atoms with Crippen LogP contribution in [0.1, 0.15) is 45.7 Å². The van der Waals surface area contributed by atoms with Gasteiger partial charge >= 0.3 is 0 Å². The second-order valence-corrected chi connectivity index (χ2v) is 6.26. The quantitative estimate of drug-likeness (QED) is 0.923. The van der Waals surface area contributed by atoms with Crippen LogP contribution in [-0.2, 0) is 9.59 Å². The van der Waals surface area contributed by atoms with E-state index in [4.69, 9.17) is 0 Å². The fourth-order valence-corrected chi connectivity index (χ4v) is 3.28. The average molecular weight is 280 g/mol. The number of hydrogen-bond donors (Lipinski definition) is 1. The van der Waals surface area contributed by atoms with Gasteiger partial charge in [0.15, 0.2) is 0 Å². The van der Waals surface area contributed by atoms with E-state index in [0.29, 0.717) is 6.42 Å². The van der Waals surface area contributed by atoms with Crippen LogP contribution in [0.15, 0.2) is 16.8 Å². The van der Waals surface area contributed by atoms with Gasteiger partial charge in [-0.3, -0.25) is 9.59 Å². The number of nitrogens with one attached hydrogen (secondary N) is 1. The first-order chi connectivity index (χ1) is 8.88. The third kappa shape index (κ3) is 2.39. The molecule has 104 valence electrons. The van der Waals surface area contributed by atoms with Gasteiger partial charge in [-0.2, -0.15) is 11.3 Å². The highest BCUT2D eigenvalue weighted by atomic mass is 32.1. The van der Waals surface area contributed by atoms with Crippen LogP contribution in [-0.4, -0.2) is 28.3 Å². The molecule has 1 aliphatic heterocycles. The number of carbonyl (C=O) groups is 2. The largest absolute Gasteiger partial charge is 0.340 e. The number of thiophene rings is 1. The topological polar surface area (TPSA) is 49.4 Å². The Kier molecular flexibility index (Phi) is 3.67. The maximum atomic E-state index is 12.6. The van der Waals surface area contributed by atoms with Crippen molar-refractivity contribution >= 4 is 23.2 Å². The van der Waals surface area contributed by atoms with Gasteiger partial charge in [0.05, 0.1) is 6.04 Å². The Morgan fingerprint density at radius 1 is 1.47 bits per heavy atom. The molecule has 0 spiro atoms. The predicted molar refractivity (Wildman–Crippen MR) is 75.9 cm³/mol. The predicted octanol–water partition coefficient (Wildman–Crippen LogP) is 2.32. The number of nitrogens with zero attached hydrogens (tertiary/aromatic N) is 1. The molecule has 1 aliphatic rings. The lowest BCUT2D eigenvalue weighted by atomic mass is 9.93. The molecule has 0 bridgehead atoms.